The minimum absolute atomic E-state index is 0.143. The molecule has 0 radical (unpaired) electrons. The maximum atomic E-state index is 12.0. The van der Waals surface area contributed by atoms with Gasteiger partial charge in [-0.3, -0.25) is 4.79 Å². The Hall–Kier alpha value is -1.12. The molecule has 0 bridgehead atoms. The Bertz CT molecular complexity index is 658. The van der Waals surface area contributed by atoms with E-state index in [1.807, 2.05) is 19.1 Å². The molecule has 0 saturated heterocycles. The van der Waals surface area contributed by atoms with Crippen LogP contribution >= 0.6 is 43.6 Å². The van der Waals surface area contributed by atoms with Crippen molar-refractivity contribution in [2.45, 2.75) is 11.9 Å². The molecule has 1 amide bonds. The summed E-state index contributed by atoms with van der Waals surface area (Å²) in [5.41, 5.74) is 7.48. The molecule has 21 heavy (non-hydrogen) atoms. The average molecular weight is 432 g/mol. The van der Waals surface area contributed by atoms with Gasteiger partial charge in [-0.15, -0.1) is 0 Å². The monoisotopic (exact) mass is 430 g/mol. The lowest BCUT2D eigenvalue weighted by Crippen LogP contribution is -2.15. The molecule has 2 rings (SSSR count). The zero-order valence-electron chi connectivity index (χ0n) is 11.1. The lowest BCUT2D eigenvalue weighted by molar-refractivity contribution is -0.113. The molecule has 1 aromatic heterocycles. The van der Waals surface area contributed by atoms with Gasteiger partial charge in [0.1, 0.15) is 5.03 Å². The first-order valence-electron chi connectivity index (χ1n) is 5.92. The second-order valence-electron chi connectivity index (χ2n) is 4.19. The number of halogens is 2. The molecule has 8 heteroatoms. The Balaban J connectivity index is 2.01. The highest BCUT2D eigenvalue weighted by molar-refractivity contribution is 9.11. The van der Waals surface area contributed by atoms with Crippen LogP contribution in [-0.4, -0.2) is 21.6 Å². The van der Waals surface area contributed by atoms with Crippen LogP contribution in [0.5, 0.6) is 0 Å². The van der Waals surface area contributed by atoms with Crippen molar-refractivity contribution in [2.24, 2.45) is 0 Å². The molecule has 110 valence electrons. The summed E-state index contributed by atoms with van der Waals surface area (Å²) < 4.78 is 1.65. The van der Waals surface area contributed by atoms with Gasteiger partial charge in [0.05, 0.1) is 11.4 Å². The van der Waals surface area contributed by atoms with Crippen LogP contribution in [0.1, 0.15) is 5.56 Å². The fourth-order valence-electron chi connectivity index (χ4n) is 1.58. The van der Waals surface area contributed by atoms with Crippen molar-refractivity contribution in [3.05, 3.63) is 39.0 Å². The van der Waals surface area contributed by atoms with Crippen LogP contribution in [0, 0.1) is 6.92 Å². The number of aryl methyl sites for hydroxylation is 1. The summed E-state index contributed by atoms with van der Waals surface area (Å²) in [5, 5.41) is 3.40. The van der Waals surface area contributed by atoms with Crippen molar-refractivity contribution >= 4 is 61.0 Å². The van der Waals surface area contributed by atoms with E-state index in [1.54, 1.807) is 6.20 Å². The number of benzene rings is 1. The predicted octanol–water partition coefficient (Wildman–Crippen LogP) is 3.62. The van der Waals surface area contributed by atoms with Gasteiger partial charge in [-0.05, 0) is 56.5 Å². The average Bonchev–Trinajstić information content (AvgIpc) is 2.42. The van der Waals surface area contributed by atoms with E-state index in [4.69, 9.17) is 5.73 Å². The van der Waals surface area contributed by atoms with Gasteiger partial charge in [-0.2, -0.15) is 0 Å². The fourth-order valence-corrected chi connectivity index (χ4v) is 3.87. The molecule has 0 aliphatic heterocycles. The van der Waals surface area contributed by atoms with E-state index in [9.17, 15) is 4.79 Å². The molecule has 0 aliphatic rings. The summed E-state index contributed by atoms with van der Waals surface area (Å²) in [6.45, 7) is 1.98. The first-order chi connectivity index (χ1) is 9.97. The van der Waals surface area contributed by atoms with Crippen molar-refractivity contribution in [3.63, 3.8) is 0 Å². The second kappa shape index (κ2) is 7.24. The maximum absolute atomic E-state index is 12.0. The van der Waals surface area contributed by atoms with Crippen LogP contribution < -0.4 is 11.1 Å². The predicted molar refractivity (Wildman–Crippen MR) is 92.4 cm³/mol. The van der Waals surface area contributed by atoms with E-state index in [0.717, 1.165) is 14.5 Å². The van der Waals surface area contributed by atoms with Crippen LogP contribution in [-0.2, 0) is 4.79 Å². The number of hydrogen-bond acceptors (Lipinski definition) is 5. The lowest BCUT2D eigenvalue weighted by Gasteiger charge is -2.10. The van der Waals surface area contributed by atoms with Gasteiger partial charge in [0.2, 0.25) is 5.91 Å². The molecule has 5 nitrogen and oxygen atoms in total. The van der Waals surface area contributed by atoms with Gasteiger partial charge in [-0.25, -0.2) is 9.97 Å². The number of nitrogen functional groups attached to an aromatic ring is 1. The molecular formula is C13H12Br2N4OS. The van der Waals surface area contributed by atoms with E-state index in [1.165, 1.54) is 18.0 Å². The Kier molecular flexibility index (Phi) is 5.60. The lowest BCUT2D eigenvalue weighted by atomic mass is 10.2. The normalized spacial score (nSPS) is 10.4. The Morgan fingerprint density at radius 1 is 1.29 bits per heavy atom. The molecule has 0 atom stereocenters. The molecule has 1 aromatic carbocycles. The SMILES string of the molecule is Cc1cc(Br)c(NC(=O)CSc2nccnc2N)c(Br)c1. The van der Waals surface area contributed by atoms with Crippen molar-refractivity contribution in [3.8, 4) is 0 Å². The number of aromatic nitrogens is 2. The molecule has 0 fully saturated rings. The summed E-state index contributed by atoms with van der Waals surface area (Å²) in [5.74, 6) is 0.388. The number of nitrogens with two attached hydrogens (primary N) is 1. The van der Waals surface area contributed by atoms with Crippen molar-refractivity contribution in [2.75, 3.05) is 16.8 Å². The molecule has 0 aliphatic carbocycles. The zero-order chi connectivity index (χ0) is 15.4. The van der Waals surface area contributed by atoms with E-state index >= 15 is 0 Å². The Morgan fingerprint density at radius 2 is 1.90 bits per heavy atom. The van der Waals surface area contributed by atoms with E-state index in [0.29, 0.717) is 16.5 Å². The second-order valence-corrected chi connectivity index (χ2v) is 6.86. The molecular weight excluding hydrogens is 420 g/mol. The van der Waals surface area contributed by atoms with E-state index in [2.05, 4.69) is 47.1 Å². The number of carbonyl (C=O) groups excluding carboxylic acids is 1. The Labute approximate surface area is 143 Å². The molecule has 3 N–H and O–H groups in total. The first kappa shape index (κ1) is 16.3. The number of anilines is 2. The molecule has 0 spiro atoms. The molecule has 2 aromatic rings. The van der Waals surface area contributed by atoms with Gasteiger partial charge in [0.25, 0.3) is 0 Å². The van der Waals surface area contributed by atoms with Gasteiger partial charge >= 0.3 is 0 Å². The van der Waals surface area contributed by atoms with Crippen LogP contribution in [0.15, 0.2) is 38.5 Å². The number of hydrogen-bond donors (Lipinski definition) is 2. The summed E-state index contributed by atoms with van der Waals surface area (Å²) in [6.07, 6.45) is 3.06. The third kappa shape index (κ3) is 4.42. The van der Waals surface area contributed by atoms with Crippen LogP contribution in [0.4, 0.5) is 11.5 Å². The highest BCUT2D eigenvalue weighted by atomic mass is 79.9. The third-order valence-electron chi connectivity index (χ3n) is 2.48. The van der Waals surface area contributed by atoms with Crippen molar-refractivity contribution < 1.29 is 4.79 Å². The van der Waals surface area contributed by atoms with Crippen LogP contribution in [0.2, 0.25) is 0 Å². The third-order valence-corrected chi connectivity index (χ3v) is 4.73. The number of thioether (sulfide) groups is 1. The first-order valence-corrected chi connectivity index (χ1v) is 8.49. The van der Waals surface area contributed by atoms with Crippen molar-refractivity contribution in [1.29, 1.82) is 0 Å². The number of rotatable bonds is 4. The van der Waals surface area contributed by atoms with E-state index in [-0.39, 0.29) is 11.7 Å². The summed E-state index contributed by atoms with van der Waals surface area (Å²) in [6, 6.07) is 3.88. The standard InChI is InChI=1S/C13H12Br2N4OS/c1-7-4-8(14)11(9(15)5-7)19-10(20)6-21-13-12(16)17-2-3-18-13/h2-5H,6H2,1H3,(H2,16,17)(H,19,20). The summed E-state index contributed by atoms with van der Waals surface area (Å²) in [4.78, 5) is 20.0. The van der Waals surface area contributed by atoms with Crippen LogP contribution in [0.3, 0.4) is 0 Å². The molecule has 0 saturated carbocycles. The van der Waals surface area contributed by atoms with Gasteiger partial charge in [0, 0.05) is 21.3 Å². The number of nitrogens with zero attached hydrogens (tertiary/aromatic N) is 2. The maximum Gasteiger partial charge on any atom is 0.234 e. The quantitative estimate of drug-likeness (QED) is 0.722. The summed E-state index contributed by atoms with van der Waals surface area (Å²) >= 11 is 8.13. The largest absolute Gasteiger partial charge is 0.381 e. The smallest absolute Gasteiger partial charge is 0.234 e. The van der Waals surface area contributed by atoms with Crippen molar-refractivity contribution in [1.82, 2.24) is 9.97 Å². The zero-order valence-corrected chi connectivity index (χ0v) is 15.0. The highest BCUT2D eigenvalue weighted by Crippen LogP contribution is 2.32. The number of amides is 1. The van der Waals surface area contributed by atoms with Gasteiger partial charge in [-0.1, -0.05) is 11.8 Å². The number of nitrogens with one attached hydrogen (secondary N) is 1. The highest BCUT2D eigenvalue weighted by Gasteiger charge is 2.12. The van der Waals surface area contributed by atoms with E-state index < -0.39 is 0 Å². The Morgan fingerprint density at radius 3 is 2.52 bits per heavy atom. The molecule has 1 heterocycles. The van der Waals surface area contributed by atoms with Crippen LogP contribution in [0.25, 0.3) is 0 Å². The minimum Gasteiger partial charge on any atom is -0.381 e. The summed E-state index contributed by atoms with van der Waals surface area (Å²) in [7, 11) is 0. The topological polar surface area (TPSA) is 80.9 Å². The van der Waals surface area contributed by atoms with Gasteiger partial charge < -0.3 is 11.1 Å². The minimum atomic E-state index is -0.143. The van der Waals surface area contributed by atoms with Gasteiger partial charge in [0.15, 0.2) is 5.82 Å². The fraction of sp³-hybridized carbons (Fsp3) is 0.154. The number of carbonyl (C=O) groups is 1. The molecule has 0 unspecified atom stereocenters.